The van der Waals surface area contributed by atoms with E-state index in [1.54, 1.807) is 14.2 Å². The number of anilines is 1. The zero-order valence-electron chi connectivity index (χ0n) is 18.3. The quantitative estimate of drug-likeness (QED) is 0.193. The van der Waals surface area contributed by atoms with Crippen molar-refractivity contribution in [3.63, 3.8) is 0 Å². The second-order valence-corrected chi connectivity index (χ2v) is 7.13. The number of nitrogens with zero attached hydrogens (tertiary/aromatic N) is 2. The number of hydrogen-bond acceptors (Lipinski definition) is 4. The summed E-state index contributed by atoms with van der Waals surface area (Å²) >= 11 is 0. The maximum atomic E-state index is 5.75. The van der Waals surface area contributed by atoms with Crippen molar-refractivity contribution in [3.8, 4) is 5.75 Å². The summed E-state index contributed by atoms with van der Waals surface area (Å²) in [5.41, 5.74) is 0.957. The van der Waals surface area contributed by atoms with Gasteiger partial charge in [-0.2, -0.15) is 0 Å². The molecule has 6 nitrogen and oxygen atoms in total. The molecule has 0 atom stereocenters. The number of benzene rings is 1. The average molecular weight is 506 g/mol. The summed E-state index contributed by atoms with van der Waals surface area (Å²) < 4.78 is 10.8. The summed E-state index contributed by atoms with van der Waals surface area (Å²) in [5.74, 6) is 1.61. The minimum atomic E-state index is 0. The van der Waals surface area contributed by atoms with Crippen molar-refractivity contribution in [2.75, 3.05) is 45.8 Å². The van der Waals surface area contributed by atoms with E-state index in [4.69, 9.17) is 9.47 Å². The Hall–Kier alpha value is -1.06. The molecular weight excluding hydrogens is 467 g/mol. The van der Waals surface area contributed by atoms with Crippen molar-refractivity contribution in [2.45, 2.75) is 52.6 Å². The minimum absolute atomic E-state index is 0. The second-order valence-electron chi connectivity index (χ2n) is 7.13. The molecule has 0 heterocycles. The van der Waals surface area contributed by atoms with Crippen molar-refractivity contribution in [2.24, 2.45) is 4.99 Å². The Bertz CT molecular complexity index is 545. The molecule has 0 fully saturated rings. The summed E-state index contributed by atoms with van der Waals surface area (Å²) in [6.07, 6.45) is 1.95. The van der Waals surface area contributed by atoms with E-state index in [0.717, 1.165) is 43.3 Å². The van der Waals surface area contributed by atoms with Crippen LogP contribution in [0.3, 0.4) is 0 Å². The summed E-state index contributed by atoms with van der Waals surface area (Å²) in [4.78, 5) is 6.81. The van der Waals surface area contributed by atoms with Gasteiger partial charge in [0.15, 0.2) is 5.96 Å². The van der Waals surface area contributed by atoms with Gasteiger partial charge in [-0.05, 0) is 46.2 Å². The first-order chi connectivity index (χ1) is 13.0. The van der Waals surface area contributed by atoms with Gasteiger partial charge in [-0.25, -0.2) is 0 Å². The number of guanidine groups is 1. The molecule has 0 aliphatic carbocycles. The van der Waals surface area contributed by atoms with Crippen LogP contribution in [0.5, 0.6) is 5.75 Å². The van der Waals surface area contributed by atoms with E-state index in [1.807, 2.05) is 24.3 Å². The van der Waals surface area contributed by atoms with Crippen molar-refractivity contribution >= 4 is 35.6 Å². The molecule has 0 spiro atoms. The average Bonchev–Trinajstić information content (AvgIpc) is 2.63. The molecule has 7 heteroatoms. The number of nitrogens with one attached hydrogen (secondary N) is 2. The van der Waals surface area contributed by atoms with Crippen LogP contribution in [-0.2, 0) is 4.74 Å². The highest BCUT2D eigenvalue weighted by Gasteiger charge is 2.12. The predicted molar refractivity (Wildman–Crippen MR) is 130 cm³/mol. The molecule has 0 aromatic heterocycles. The fraction of sp³-hybridized carbons (Fsp3) is 0.667. The molecule has 28 heavy (non-hydrogen) atoms. The van der Waals surface area contributed by atoms with Gasteiger partial charge in [-0.15, -0.1) is 24.0 Å². The molecule has 0 aliphatic rings. The molecule has 0 bridgehead atoms. The molecule has 0 aliphatic heterocycles. The SMILES string of the molecule is CN=C(NCCCN(C(C)C)C(C)C)Nc1cccc(OCCCOC)c1.I. The normalized spacial score (nSPS) is 11.7. The summed E-state index contributed by atoms with van der Waals surface area (Å²) in [7, 11) is 3.49. The van der Waals surface area contributed by atoms with Crippen molar-refractivity contribution in [3.05, 3.63) is 24.3 Å². The highest BCUT2D eigenvalue weighted by molar-refractivity contribution is 14.0. The lowest BCUT2D eigenvalue weighted by Crippen LogP contribution is -2.39. The van der Waals surface area contributed by atoms with Crippen molar-refractivity contribution < 1.29 is 9.47 Å². The van der Waals surface area contributed by atoms with Crippen LogP contribution in [-0.4, -0.2) is 63.4 Å². The first-order valence-corrected chi connectivity index (χ1v) is 9.93. The van der Waals surface area contributed by atoms with Crippen LogP contribution < -0.4 is 15.4 Å². The summed E-state index contributed by atoms with van der Waals surface area (Å²) in [6, 6.07) is 9.06. The second kappa shape index (κ2) is 15.8. The molecule has 0 radical (unpaired) electrons. The Balaban J connectivity index is 0.00000729. The fourth-order valence-electron chi connectivity index (χ4n) is 2.95. The number of hydrogen-bond donors (Lipinski definition) is 2. The third kappa shape index (κ3) is 11.1. The number of rotatable bonds is 12. The molecule has 0 amide bonds. The summed E-state index contributed by atoms with van der Waals surface area (Å²) in [6.45, 7) is 12.3. The van der Waals surface area contributed by atoms with Crippen LogP contribution in [0.1, 0.15) is 40.5 Å². The molecule has 162 valence electrons. The maximum Gasteiger partial charge on any atom is 0.195 e. The zero-order valence-corrected chi connectivity index (χ0v) is 20.7. The highest BCUT2D eigenvalue weighted by atomic mass is 127. The fourth-order valence-corrected chi connectivity index (χ4v) is 2.95. The van der Waals surface area contributed by atoms with E-state index in [1.165, 1.54) is 0 Å². The van der Waals surface area contributed by atoms with E-state index in [-0.39, 0.29) is 24.0 Å². The van der Waals surface area contributed by atoms with Crippen LogP contribution in [0.15, 0.2) is 29.3 Å². The Morgan fingerprint density at radius 1 is 1.11 bits per heavy atom. The molecule has 0 saturated carbocycles. The van der Waals surface area contributed by atoms with Gasteiger partial charge in [-0.3, -0.25) is 9.89 Å². The zero-order chi connectivity index (χ0) is 20.1. The van der Waals surface area contributed by atoms with Gasteiger partial charge in [0, 0.05) is 64.1 Å². The van der Waals surface area contributed by atoms with Gasteiger partial charge >= 0.3 is 0 Å². The van der Waals surface area contributed by atoms with Crippen LogP contribution >= 0.6 is 24.0 Å². The molecular formula is C21H39IN4O2. The minimum Gasteiger partial charge on any atom is -0.493 e. The third-order valence-electron chi connectivity index (χ3n) is 4.29. The highest BCUT2D eigenvalue weighted by Crippen LogP contribution is 2.17. The van der Waals surface area contributed by atoms with E-state index < -0.39 is 0 Å². The Morgan fingerprint density at radius 3 is 2.43 bits per heavy atom. The predicted octanol–water partition coefficient (Wildman–Crippen LogP) is 4.22. The molecule has 0 unspecified atom stereocenters. The van der Waals surface area contributed by atoms with E-state index in [9.17, 15) is 0 Å². The largest absolute Gasteiger partial charge is 0.493 e. The first-order valence-electron chi connectivity index (χ1n) is 9.93. The third-order valence-corrected chi connectivity index (χ3v) is 4.29. The van der Waals surface area contributed by atoms with Crippen LogP contribution in [0, 0.1) is 0 Å². The molecule has 2 N–H and O–H groups in total. The van der Waals surface area contributed by atoms with Gasteiger partial charge < -0.3 is 20.1 Å². The molecule has 0 saturated heterocycles. The lowest BCUT2D eigenvalue weighted by molar-refractivity contribution is 0.172. The van der Waals surface area contributed by atoms with Gasteiger partial charge in [0.25, 0.3) is 0 Å². The standard InChI is InChI=1S/C21H38N4O2.HI/c1-17(2)25(18(3)4)13-8-12-23-21(22-5)24-19-10-7-11-20(16-19)27-15-9-14-26-6;/h7,10-11,16-18H,8-9,12-15H2,1-6H3,(H2,22,23,24);1H. The van der Waals surface area contributed by atoms with Gasteiger partial charge in [-0.1, -0.05) is 6.07 Å². The number of aliphatic imine (C=N–C) groups is 1. The molecule has 1 aromatic rings. The topological polar surface area (TPSA) is 58.1 Å². The van der Waals surface area contributed by atoms with E-state index in [0.29, 0.717) is 25.3 Å². The smallest absolute Gasteiger partial charge is 0.195 e. The lowest BCUT2D eigenvalue weighted by atomic mass is 10.2. The van der Waals surface area contributed by atoms with Gasteiger partial charge in [0.1, 0.15) is 5.75 Å². The lowest BCUT2D eigenvalue weighted by Gasteiger charge is -2.30. The Labute approximate surface area is 188 Å². The molecule has 1 rings (SSSR count). The van der Waals surface area contributed by atoms with E-state index >= 15 is 0 Å². The molecule has 1 aromatic carbocycles. The summed E-state index contributed by atoms with van der Waals surface area (Å²) in [5, 5.41) is 6.71. The number of methoxy groups -OCH3 is 1. The maximum absolute atomic E-state index is 5.75. The number of halogens is 1. The van der Waals surface area contributed by atoms with Crippen LogP contribution in [0.25, 0.3) is 0 Å². The van der Waals surface area contributed by atoms with E-state index in [2.05, 4.69) is 48.2 Å². The van der Waals surface area contributed by atoms with Crippen molar-refractivity contribution in [1.29, 1.82) is 0 Å². The van der Waals surface area contributed by atoms with Gasteiger partial charge in [0.2, 0.25) is 0 Å². The van der Waals surface area contributed by atoms with Crippen molar-refractivity contribution in [1.82, 2.24) is 10.2 Å². The number of ether oxygens (including phenoxy) is 2. The van der Waals surface area contributed by atoms with Gasteiger partial charge in [0.05, 0.1) is 6.61 Å². The van der Waals surface area contributed by atoms with Crippen LogP contribution in [0.2, 0.25) is 0 Å². The Kier molecular flexibility index (Phi) is 15.2. The van der Waals surface area contributed by atoms with Crippen LogP contribution in [0.4, 0.5) is 5.69 Å². The monoisotopic (exact) mass is 506 g/mol. The first kappa shape index (κ1) is 26.9. The Morgan fingerprint density at radius 2 is 1.82 bits per heavy atom.